The lowest BCUT2D eigenvalue weighted by molar-refractivity contribution is -0.128. The maximum absolute atomic E-state index is 12.3. The van der Waals surface area contributed by atoms with E-state index in [0.29, 0.717) is 12.5 Å². The van der Waals surface area contributed by atoms with Crippen LogP contribution >= 0.6 is 0 Å². The summed E-state index contributed by atoms with van der Waals surface area (Å²) in [6.07, 6.45) is 8.05. The van der Waals surface area contributed by atoms with Gasteiger partial charge < -0.3 is 4.90 Å². The molecule has 3 amide bonds. The lowest BCUT2D eigenvalue weighted by atomic mass is 9.76. The standard InChI is InChI=1S/C15H22N4O2/c1-11-3-6-15(7-4-11)13(20)17-14(21)19(15)8-5-12-9-16-18(2)10-12/h9-11H,3-8H2,1-2H3,(H,17,20,21). The van der Waals surface area contributed by atoms with Gasteiger partial charge in [-0.05, 0) is 43.6 Å². The van der Waals surface area contributed by atoms with Gasteiger partial charge in [0.15, 0.2) is 0 Å². The van der Waals surface area contributed by atoms with E-state index in [1.165, 1.54) is 0 Å². The molecule has 0 unspecified atom stereocenters. The minimum Gasteiger partial charge on any atom is -0.309 e. The molecule has 2 heterocycles. The van der Waals surface area contributed by atoms with Crippen LogP contribution in [0.2, 0.25) is 0 Å². The molecule has 1 aromatic heterocycles. The van der Waals surface area contributed by atoms with Crippen molar-refractivity contribution in [1.29, 1.82) is 0 Å². The summed E-state index contributed by atoms with van der Waals surface area (Å²) >= 11 is 0. The van der Waals surface area contributed by atoms with Gasteiger partial charge >= 0.3 is 6.03 Å². The molecule has 0 bridgehead atoms. The van der Waals surface area contributed by atoms with Crippen LogP contribution in [-0.2, 0) is 18.3 Å². The molecule has 6 heteroatoms. The molecule has 1 spiro atoms. The maximum Gasteiger partial charge on any atom is 0.325 e. The molecule has 0 aromatic carbocycles. The first kappa shape index (κ1) is 14.1. The van der Waals surface area contributed by atoms with Gasteiger partial charge in [-0.2, -0.15) is 5.10 Å². The number of amides is 3. The van der Waals surface area contributed by atoms with Crippen molar-refractivity contribution in [3.05, 3.63) is 18.0 Å². The van der Waals surface area contributed by atoms with Crippen molar-refractivity contribution < 1.29 is 9.59 Å². The number of hydrogen-bond donors (Lipinski definition) is 1. The molecule has 1 aliphatic carbocycles. The van der Waals surface area contributed by atoms with Gasteiger partial charge in [-0.1, -0.05) is 6.92 Å². The van der Waals surface area contributed by atoms with E-state index in [4.69, 9.17) is 0 Å². The summed E-state index contributed by atoms with van der Waals surface area (Å²) in [5.74, 6) is 0.532. The Labute approximate surface area is 124 Å². The molecule has 1 N–H and O–H groups in total. The van der Waals surface area contributed by atoms with Crippen LogP contribution in [0, 0.1) is 5.92 Å². The molecule has 0 radical (unpaired) electrons. The summed E-state index contributed by atoms with van der Waals surface area (Å²) in [5.41, 5.74) is 0.482. The highest BCUT2D eigenvalue weighted by atomic mass is 16.2. The average Bonchev–Trinajstić information content (AvgIpc) is 2.95. The van der Waals surface area contributed by atoms with Crippen molar-refractivity contribution in [3.63, 3.8) is 0 Å². The van der Waals surface area contributed by atoms with Crippen molar-refractivity contribution in [2.24, 2.45) is 13.0 Å². The Morgan fingerprint density at radius 2 is 2.10 bits per heavy atom. The third-order valence-electron chi connectivity index (χ3n) is 4.89. The van der Waals surface area contributed by atoms with Crippen LogP contribution in [-0.4, -0.2) is 38.7 Å². The van der Waals surface area contributed by atoms with Gasteiger partial charge in [-0.25, -0.2) is 4.79 Å². The van der Waals surface area contributed by atoms with Gasteiger partial charge in [0.05, 0.1) is 6.20 Å². The predicted molar refractivity (Wildman–Crippen MR) is 77.5 cm³/mol. The van der Waals surface area contributed by atoms with Crippen molar-refractivity contribution in [3.8, 4) is 0 Å². The SMILES string of the molecule is CC1CCC2(CC1)C(=O)NC(=O)N2CCc1cnn(C)c1. The number of carbonyl (C=O) groups excluding carboxylic acids is 2. The Kier molecular flexibility index (Phi) is 3.47. The fourth-order valence-electron chi connectivity index (χ4n) is 3.49. The molecule has 2 aliphatic rings. The minimum atomic E-state index is -0.605. The topological polar surface area (TPSA) is 67.2 Å². The van der Waals surface area contributed by atoms with Gasteiger partial charge in [0.1, 0.15) is 5.54 Å². The highest BCUT2D eigenvalue weighted by Crippen LogP contribution is 2.39. The Morgan fingerprint density at radius 3 is 2.71 bits per heavy atom. The molecule has 21 heavy (non-hydrogen) atoms. The number of rotatable bonds is 3. The fourth-order valence-corrected chi connectivity index (χ4v) is 3.49. The number of nitrogens with one attached hydrogen (secondary N) is 1. The summed E-state index contributed by atoms with van der Waals surface area (Å²) in [4.78, 5) is 26.2. The maximum atomic E-state index is 12.3. The summed E-state index contributed by atoms with van der Waals surface area (Å²) in [7, 11) is 1.87. The monoisotopic (exact) mass is 290 g/mol. The Bertz CT molecular complexity index is 558. The van der Waals surface area contributed by atoms with Gasteiger partial charge in [0.2, 0.25) is 0 Å². The summed E-state index contributed by atoms with van der Waals surface area (Å²) in [5, 5.41) is 6.65. The van der Waals surface area contributed by atoms with Gasteiger partial charge in [0, 0.05) is 19.8 Å². The van der Waals surface area contributed by atoms with Crippen molar-refractivity contribution in [2.45, 2.75) is 44.6 Å². The van der Waals surface area contributed by atoms with Crippen molar-refractivity contribution >= 4 is 11.9 Å². The Hall–Kier alpha value is -1.85. The molecule has 2 fully saturated rings. The van der Waals surface area contributed by atoms with Crippen LogP contribution in [0.4, 0.5) is 4.79 Å². The number of imide groups is 1. The summed E-state index contributed by atoms with van der Waals surface area (Å²) < 4.78 is 1.75. The highest BCUT2D eigenvalue weighted by molar-refractivity contribution is 6.07. The first-order valence-electron chi connectivity index (χ1n) is 7.62. The number of aryl methyl sites for hydroxylation is 1. The van der Waals surface area contributed by atoms with Gasteiger partial charge in [-0.15, -0.1) is 0 Å². The second-order valence-electron chi connectivity index (χ2n) is 6.40. The van der Waals surface area contributed by atoms with E-state index in [0.717, 1.165) is 37.7 Å². The molecule has 0 atom stereocenters. The molecule has 1 aliphatic heterocycles. The van der Waals surface area contributed by atoms with E-state index < -0.39 is 5.54 Å². The number of carbonyl (C=O) groups is 2. The average molecular weight is 290 g/mol. The zero-order valence-corrected chi connectivity index (χ0v) is 12.6. The largest absolute Gasteiger partial charge is 0.325 e. The van der Waals surface area contributed by atoms with Gasteiger partial charge in [0.25, 0.3) is 5.91 Å². The van der Waals surface area contributed by atoms with Crippen molar-refractivity contribution in [2.75, 3.05) is 6.54 Å². The normalized spacial score (nSPS) is 29.2. The fraction of sp³-hybridized carbons (Fsp3) is 0.667. The van der Waals surface area contributed by atoms with E-state index in [2.05, 4.69) is 17.3 Å². The summed E-state index contributed by atoms with van der Waals surface area (Å²) in [6, 6.07) is -0.238. The number of urea groups is 1. The predicted octanol–water partition coefficient (Wildman–Crippen LogP) is 1.46. The molecule has 1 aromatic rings. The van der Waals surface area contributed by atoms with Crippen LogP contribution in [0.5, 0.6) is 0 Å². The van der Waals surface area contributed by atoms with Crippen LogP contribution < -0.4 is 5.32 Å². The molecular formula is C15H22N4O2. The molecule has 6 nitrogen and oxygen atoms in total. The first-order chi connectivity index (χ1) is 10.0. The first-order valence-corrected chi connectivity index (χ1v) is 7.62. The third-order valence-corrected chi connectivity index (χ3v) is 4.89. The minimum absolute atomic E-state index is 0.106. The van der Waals surface area contributed by atoms with E-state index in [9.17, 15) is 9.59 Å². The lowest BCUT2D eigenvalue weighted by Gasteiger charge is -2.40. The molecular weight excluding hydrogens is 268 g/mol. The highest BCUT2D eigenvalue weighted by Gasteiger charge is 2.53. The van der Waals surface area contributed by atoms with Crippen LogP contribution in [0.25, 0.3) is 0 Å². The zero-order valence-electron chi connectivity index (χ0n) is 12.6. The third kappa shape index (κ3) is 2.43. The Balaban J connectivity index is 1.74. The molecule has 1 saturated heterocycles. The van der Waals surface area contributed by atoms with Crippen molar-refractivity contribution in [1.82, 2.24) is 20.0 Å². The van der Waals surface area contributed by atoms with Gasteiger partial charge in [-0.3, -0.25) is 14.8 Å². The number of aromatic nitrogens is 2. The van der Waals surface area contributed by atoms with E-state index in [-0.39, 0.29) is 11.9 Å². The molecule has 114 valence electrons. The zero-order chi connectivity index (χ0) is 15.0. The summed E-state index contributed by atoms with van der Waals surface area (Å²) in [6.45, 7) is 2.78. The smallest absolute Gasteiger partial charge is 0.309 e. The lowest BCUT2D eigenvalue weighted by Crippen LogP contribution is -2.52. The van der Waals surface area contributed by atoms with Crippen LogP contribution in [0.15, 0.2) is 12.4 Å². The van der Waals surface area contributed by atoms with Crippen LogP contribution in [0.3, 0.4) is 0 Å². The second-order valence-corrected chi connectivity index (χ2v) is 6.40. The Morgan fingerprint density at radius 1 is 1.38 bits per heavy atom. The van der Waals surface area contributed by atoms with E-state index >= 15 is 0 Å². The van der Waals surface area contributed by atoms with Crippen LogP contribution in [0.1, 0.15) is 38.2 Å². The molecule has 1 saturated carbocycles. The second kappa shape index (κ2) is 5.16. The number of nitrogens with zero attached hydrogens (tertiary/aromatic N) is 3. The molecule has 3 rings (SSSR count). The number of hydrogen-bond acceptors (Lipinski definition) is 3. The van der Waals surface area contributed by atoms with E-state index in [1.54, 1.807) is 9.58 Å². The van der Waals surface area contributed by atoms with E-state index in [1.807, 2.05) is 19.4 Å². The quantitative estimate of drug-likeness (QED) is 0.857.